The Hall–Kier alpha value is -3.89. The number of benzene rings is 2. The molecule has 1 amide bonds. The first-order chi connectivity index (χ1) is 17.3. The molecule has 1 aromatic heterocycles. The molecule has 0 aliphatic carbocycles. The van der Waals surface area contributed by atoms with Crippen molar-refractivity contribution < 1.29 is 38.2 Å². The number of methoxy groups -OCH3 is 1. The molecule has 11 heteroatoms. The third-order valence-electron chi connectivity index (χ3n) is 5.17. The van der Waals surface area contributed by atoms with Gasteiger partial charge in [-0.1, -0.05) is 48.0 Å². The number of carbonyl (C=O) groups excluding carboxylic acids is 3. The highest BCUT2D eigenvalue weighted by Crippen LogP contribution is 2.27. The molecule has 190 valence electrons. The van der Waals surface area contributed by atoms with Crippen molar-refractivity contribution in [2.45, 2.75) is 31.9 Å². The number of aliphatic hydroxyl groups excluding tert-OH is 1. The largest absolute Gasteiger partial charge is 0.479 e. The molecule has 3 aromatic rings. The van der Waals surface area contributed by atoms with Gasteiger partial charge < -0.3 is 29.2 Å². The van der Waals surface area contributed by atoms with E-state index in [1.807, 2.05) is 30.3 Å². The van der Waals surface area contributed by atoms with E-state index in [-0.39, 0.29) is 24.5 Å². The Balaban J connectivity index is 1.73. The maximum absolute atomic E-state index is 12.7. The van der Waals surface area contributed by atoms with Crippen molar-refractivity contribution >= 4 is 29.4 Å². The van der Waals surface area contributed by atoms with Crippen LogP contribution < -0.4 is 10.1 Å². The zero-order valence-electron chi connectivity index (χ0n) is 19.6. The van der Waals surface area contributed by atoms with Gasteiger partial charge in [-0.3, -0.25) is 14.4 Å². The molecule has 2 atom stereocenters. The van der Waals surface area contributed by atoms with Crippen LogP contribution in [-0.2, 0) is 19.1 Å². The highest BCUT2D eigenvalue weighted by Gasteiger charge is 2.26. The number of halogens is 1. The molecule has 1 unspecified atom stereocenters. The van der Waals surface area contributed by atoms with E-state index in [0.717, 1.165) is 11.1 Å². The molecule has 0 saturated carbocycles. The normalized spacial score (nSPS) is 12.3. The molecule has 0 saturated heterocycles. The van der Waals surface area contributed by atoms with Crippen LogP contribution in [0.15, 0.2) is 59.1 Å². The molecule has 2 N–H and O–H groups in total. The lowest BCUT2D eigenvalue weighted by Gasteiger charge is -2.24. The van der Waals surface area contributed by atoms with Gasteiger partial charge in [0.15, 0.2) is 0 Å². The fraction of sp³-hybridized carbons (Fsp3) is 0.280. The summed E-state index contributed by atoms with van der Waals surface area (Å²) in [6.07, 6.45) is -1.31. The van der Waals surface area contributed by atoms with Gasteiger partial charge in [0.05, 0.1) is 25.3 Å². The topological polar surface area (TPSA) is 137 Å². The van der Waals surface area contributed by atoms with Gasteiger partial charge in [0, 0.05) is 18.4 Å². The lowest BCUT2D eigenvalue weighted by atomic mass is 9.96. The van der Waals surface area contributed by atoms with E-state index in [1.165, 1.54) is 20.1 Å². The number of hydrogen-bond acceptors (Lipinski definition) is 9. The second kappa shape index (κ2) is 12.7. The molecule has 0 radical (unpaired) electrons. The molecule has 10 nitrogen and oxygen atoms in total. The molecular formula is C25H25ClN2O8. The monoisotopic (exact) mass is 516 g/mol. The summed E-state index contributed by atoms with van der Waals surface area (Å²) in [5, 5.41) is 17.9. The third-order valence-corrected chi connectivity index (χ3v) is 5.41. The van der Waals surface area contributed by atoms with Crippen LogP contribution in [0, 0.1) is 0 Å². The standard InChI is InChI=1S/C25H25ClN2O8/c1-15(29)34-14-35-23(30)11-10-20(27-25(32)21-13-22(33-2)28-36-21)24(31)17-8-6-16(7-9-17)18-4-3-5-19(26)12-18/h3-9,12-13,20,24,31H,10-11,14H2,1-2H3,(H,27,32)/t20-,24?/m1/s1. The quantitative estimate of drug-likeness (QED) is 0.288. The fourth-order valence-corrected chi connectivity index (χ4v) is 3.50. The highest BCUT2D eigenvalue weighted by atomic mass is 35.5. The molecule has 0 spiro atoms. The van der Waals surface area contributed by atoms with Crippen molar-refractivity contribution in [1.29, 1.82) is 0 Å². The molecule has 36 heavy (non-hydrogen) atoms. The predicted octanol–water partition coefficient (Wildman–Crippen LogP) is 3.68. The molecule has 3 rings (SSSR count). The first-order valence-corrected chi connectivity index (χ1v) is 11.3. The zero-order chi connectivity index (χ0) is 26.1. The van der Waals surface area contributed by atoms with Gasteiger partial charge in [-0.05, 0) is 40.4 Å². The van der Waals surface area contributed by atoms with Crippen LogP contribution in [0.2, 0.25) is 5.02 Å². The Kier molecular flexibility index (Phi) is 9.43. The molecule has 1 heterocycles. The van der Waals surface area contributed by atoms with Crippen LogP contribution in [0.4, 0.5) is 0 Å². The molecule has 0 aliphatic rings. The SMILES string of the molecule is COc1cc(C(=O)N[C@H](CCC(=O)OCOC(C)=O)C(O)c2ccc(-c3cccc(Cl)c3)cc2)on1. The van der Waals surface area contributed by atoms with Crippen molar-refractivity contribution in [1.82, 2.24) is 10.5 Å². The first-order valence-electron chi connectivity index (χ1n) is 10.9. The lowest BCUT2D eigenvalue weighted by Crippen LogP contribution is -2.39. The molecule has 0 aliphatic heterocycles. The highest BCUT2D eigenvalue weighted by molar-refractivity contribution is 6.30. The Morgan fingerprint density at radius 1 is 1.08 bits per heavy atom. The van der Waals surface area contributed by atoms with E-state index in [2.05, 4.69) is 15.2 Å². The number of rotatable bonds is 11. The average molecular weight is 517 g/mol. The summed E-state index contributed by atoms with van der Waals surface area (Å²) < 4.78 is 19.3. The summed E-state index contributed by atoms with van der Waals surface area (Å²) in [6.45, 7) is 0.669. The number of carbonyl (C=O) groups is 3. The number of ether oxygens (including phenoxy) is 3. The Labute approximate surface area is 212 Å². The van der Waals surface area contributed by atoms with E-state index >= 15 is 0 Å². The number of aromatic nitrogens is 1. The first kappa shape index (κ1) is 26.7. The fourth-order valence-electron chi connectivity index (χ4n) is 3.31. The smallest absolute Gasteiger partial charge is 0.308 e. The van der Waals surface area contributed by atoms with Crippen molar-refractivity contribution in [3.63, 3.8) is 0 Å². The van der Waals surface area contributed by atoms with Gasteiger partial charge in [-0.15, -0.1) is 0 Å². The summed E-state index contributed by atoms with van der Waals surface area (Å²) in [7, 11) is 1.38. The number of hydrogen-bond donors (Lipinski definition) is 2. The summed E-state index contributed by atoms with van der Waals surface area (Å²) in [5.41, 5.74) is 2.30. The second-order valence-electron chi connectivity index (χ2n) is 7.70. The summed E-state index contributed by atoms with van der Waals surface area (Å²) in [6, 6.07) is 14.8. The van der Waals surface area contributed by atoms with Gasteiger partial charge in [0.2, 0.25) is 12.6 Å². The van der Waals surface area contributed by atoms with Crippen LogP contribution in [-0.4, -0.2) is 48.1 Å². The van der Waals surface area contributed by atoms with Gasteiger partial charge in [0.25, 0.3) is 11.8 Å². The van der Waals surface area contributed by atoms with E-state index in [0.29, 0.717) is 10.6 Å². The van der Waals surface area contributed by atoms with Crippen LogP contribution >= 0.6 is 11.6 Å². The minimum atomic E-state index is -1.17. The minimum Gasteiger partial charge on any atom is -0.479 e. The molecule has 2 aromatic carbocycles. The van der Waals surface area contributed by atoms with Crippen molar-refractivity contribution in [2.75, 3.05) is 13.9 Å². The van der Waals surface area contributed by atoms with Crippen molar-refractivity contribution in [2.24, 2.45) is 0 Å². The number of esters is 2. The van der Waals surface area contributed by atoms with Crippen LogP contribution in [0.5, 0.6) is 5.88 Å². The van der Waals surface area contributed by atoms with Crippen LogP contribution in [0.1, 0.15) is 42.0 Å². The van der Waals surface area contributed by atoms with Gasteiger partial charge in [0.1, 0.15) is 0 Å². The summed E-state index contributed by atoms with van der Waals surface area (Å²) >= 11 is 6.07. The van der Waals surface area contributed by atoms with Crippen LogP contribution in [0.25, 0.3) is 11.1 Å². The summed E-state index contributed by atoms with van der Waals surface area (Å²) in [4.78, 5) is 35.6. The average Bonchev–Trinajstić information content (AvgIpc) is 3.35. The minimum absolute atomic E-state index is 0.0210. The number of aliphatic hydroxyl groups is 1. The van der Waals surface area contributed by atoms with E-state index in [1.54, 1.807) is 18.2 Å². The maximum atomic E-state index is 12.7. The maximum Gasteiger partial charge on any atom is 0.308 e. The molecule has 0 bridgehead atoms. The van der Waals surface area contributed by atoms with Gasteiger partial charge in [-0.2, -0.15) is 0 Å². The number of nitrogens with one attached hydrogen (secondary N) is 1. The van der Waals surface area contributed by atoms with Gasteiger partial charge >= 0.3 is 11.9 Å². The van der Waals surface area contributed by atoms with Crippen molar-refractivity contribution in [3.05, 3.63) is 70.9 Å². The second-order valence-corrected chi connectivity index (χ2v) is 8.14. The van der Waals surface area contributed by atoms with Gasteiger partial charge in [-0.25, -0.2) is 0 Å². The Bertz CT molecular complexity index is 1190. The van der Waals surface area contributed by atoms with Crippen molar-refractivity contribution in [3.8, 4) is 17.0 Å². The van der Waals surface area contributed by atoms with E-state index in [9.17, 15) is 19.5 Å². The predicted molar refractivity (Wildman–Crippen MR) is 128 cm³/mol. The molecule has 0 fully saturated rings. The van der Waals surface area contributed by atoms with E-state index < -0.39 is 36.8 Å². The Morgan fingerprint density at radius 2 is 1.83 bits per heavy atom. The Morgan fingerprint density at radius 3 is 2.47 bits per heavy atom. The summed E-state index contributed by atoms with van der Waals surface area (Å²) in [5.74, 6) is -1.92. The lowest BCUT2D eigenvalue weighted by molar-refractivity contribution is -0.165. The zero-order valence-corrected chi connectivity index (χ0v) is 20.4. The van der Waals surface area contributed by atoms with E-state index in [4.69, 9.17) is 25.6 Å². The number of nitrogens with zero attached hydrogens (tertiary/aromatic N) is 1. The van der Waals surface area contributed by atoms with Crippen LogP contribution in [0.3, 0.4) is 0 Å². The number of amides is 1. The third kappa shape index (κ3) is 7.56. The molecular weight excluding hydrogens is 492 g/mol.